The van der Waals surface area contributed by atoms with Crippen LogP contribution in [-0.2, 0) is 9.53 Å². The molecule has 1 unspecified atom stereocenters. The highest BCUT2D eigenvalue weighted by molar-refractivity contribution is 5.76. The van der Waals surface area contributed by atoms with E-state index in [0.29, 0.717) is 48.5 Å². The zero-order valence-electron chi connectivity index (χ0n) is 19.0. The first kappa shape index (κ1) is 24.7. The van der Waals surface area contributed by atoms with Gasteiger partial charge in [0.25, 0.3) is 6.47 Å². The minimum Gasteiger partial charge on any atom is -0.483 e. The van der Waals surface area contributed by atoms with Gasteiger partial charge < -0.3 is 20.5 Å². The van der Waals surface area contributed by atoms with Crippen LogP contribution in [0.25, 0.3) is 11.2 Å². The van der Waals surface area contributed by atoms with Gasteiger partial charge in [0, 0.05) is 24.8 Å². The third-order valence-electron chi connectivity index (χ3n) is 6.12. The van der Waals surface area contributed by atoms with Crippen molar-refractivity contribution in [2.24, 2.45) is 0 Å². The molecule has 35 heavy (non-hydrogen) atoms. The molecule has 0 radical (unpaired) electrons. The number of fused-ring (bicyclic) bond motifs is 1. The molecular formula is C23H27F3N6O3. The van der Waals surface area contributed by atoms with Gasteiger partial charge in [-0.25, -0.2) is 23.1 Å². The fourth-order valence-corrected chi connectivity index (χ4v) is 4.52. The number of halogens is 3. The smallest absolute Gasteiger partial charge is 0.290 e. The summed E-state index contributed by atoms with van der Waals surface area (Å²) in [5.41, 5.74) is 0.586. The van der Waals surface area contributed by atoms with E-state index in [9.17, 15) is 13.2 Å². The molecule has 0 spiro atoms. The molecule has 188 valence electrons. The molecule has 2 aromatic heterocycles. The monoisotopic (exact) mass is 492 g/mol. The first-order chi connectivity index (χ1) is 17.0. The summed E-state index contributed by atoms with van der Waals surface area (Å²) in [6.45, 7) is 0.848. The molecule has 3 heterocycles. The lowest BCUT2D eigenvalue weighted by atomic mass is 9.96. The summed E-state index contributed by atoms with van der Waals surface area (Å²) in [6, 6.07) is 1.48. The molecule has 1 saturated carbocycles. The van der Waals surface area contributed by atoms with Crippen LogP contribution in [0.3, 0.4) is 0 Å². The van der Waals surface area contributed by atoms with Gasteiger partial charge in [-0.2, -0.15) is 4.98 Å². The van der Waals surface area contributed by atoms with Crippen LogP contribution >= 0.6 is 0 Å². The van der Waals surface area contributed by atoms with Gasteiger partial charge in [0.2, 0.25) is 11.9 Å². The SMILES string of the molecule is Fc1cc(F)c(Nc2nc3cnc(NC4CCCCC4)nc3n2C2CCCOC2)c(F)c1.O=CO. The van der Waals surface area contributed by atoms with Crippen LogP contribution in [0.5, 0.6) is 0 Å². The lowest BCUT2D eigenvalue weighted by molar-refractivity contribution is -0.122. The fraction of sp³-hybridized carbons (Fsp3) is 0.478. The number of hydrogen-bond acceptors (Lipinski definition) is 7. The molecule has 0 amide bonds. The normalized spacial score (nSPS) is 18.5. The van der Waals surface area contributed by atoms with Crippen molar-refractivity contribution in [1.29, 1.82) is 0 Å². The Hall–Kier alpha value is -3.41. The molecule has 1 aromatic carbocycles. The second kappa shape index (κ2) is 11.3. The van der Waals surface area contributed by atoms with Crippen molar-refractivity contribution in [2.45, 2.75) is 57.0 Å². The van der Waals surface area contributed by atoms with Gasteiger partial charge in [-0.3, -0.25) is 9.36 Å². The maximum Gasteiger partial charge on any atom is 0.290 e. The van der Waals surface area contributed by atoms with E-state index in [1.807, 2.05) is 4.57 Å². The number of nitrogens with zero attached hydrogens (tertiary/aromatic N) is 4. The molecule has 5 rings (SSSR count). The van der Waals surface area contributed by atoms with Crippen LogP contribution in [0.4, 0.5) is 30.8 Å². The van der Waals surface area contributed by atoms with Gasteiger partial charge in [-0.05, 0) is 25.7 Å². The second-order valence-corrected chi connectivity index (χ2v) is 8.53. The molecule has 2 fully saturated rings. The molecule has 1 aliphatic heterocycles. The maximum atomic E-state index is 14.3. The van der Waals surface area contributed by atoms with Crippen LogP contribution in [0.15, 0.2) is 18.3 Å². The Bertz CT molecular complexity index is 1140. The van der Waals surface area contributed by atoms with Crippen molar-refractivity contribution < 1.29 is 27.8 Å². The third-order valence-corrected chi connectivity index (χ3v) is 6.12. The third kappa shape index (κ3) is 5.81. The van der Waals surface area contributed by atoms with E-state index in [2.05, 4.69) is 20.6 Å². The predicted molar refractivity (Wildman–Crippen MR) is 123 cm³/mol. The van der Waals surface area contributed by atoms with E-state index in [4.69, 9.17) is 19.6 Å². The Kier molecular flexibility index (Phi) is 8.01. The largest absolute Gasteiger partial charge is 0.483 e. The summed E-state index contributed by atoms with van der Waals surface area (Å²) < 4.78 is 49.4. The maximum absolute atomic E-state index is 14.3. The van der Waals surface area contributed by atoms with E-state index in [1.54, 1.807) is 6.20 Å². The molecule has 3 N–H and O–H groups in total. The number of benzene rings is 1. The van der Waals surface area contributed by atoms with Crippen LogP contribution in [0, 0.1) is 17.5 Å². The zero-order chi connectivity index (χ0) is 24.8. The summed E-state index contributed by atoms with van der Waals surface area (Å²) in [7, 11) is 0. The van der Waals surface area contributed by atoms with Crippen LogP contribution < -0.4 is 10.6 Å². The van der Waals surface area contributed by atoms with Crippen molar-refractivity contribution in [2.75, 3.05) is 23.8 Å². The van der Waals surface area contributed by atoms with E-state index >= 15 is 0 Å². The average molecular weight is 493 g/mol. The Balaban J connectivity index is 0.000000917. The highest BCUT2D eigenvalue weighted by Gasteiger charge is 2.25. The fourth-order valence-electron chi connectivity index (χ4n) is 4.52. The molecule has 1 saturated heterocycles. The average Bonchev–Trinajstić information content (AvgIpc) is 3.20. The predicted octanol–water partition coefficient (Wildman–Crippen LogP) is 4.78. The van der Waals surface area contributed by atoms with Gasteiger partial charge >= 0.3 is 0 Å². The number of anilines is 3. The van der Waals surface area contributed by atoms with Gasteiger partial charge in [-0.1, -0.05) is 19.3 Å². The molecule has 12 heteroatoms. The van der Waals surface area contributed by atoms with E-state index in [1.165, 1.54) is 19.3 Å². The number of imidazole rings is 1. The van der Waals surface area contributed by atoms with Crippen LogP contribution in [0.2, 0.25) is 0 Å². The van der Waals surface area contributed by atoms with Crippen LogP contribution in [-0.4, -0.2) is 50.4 Å². The van der Waals surface area contributed by atoms with Crippen molar-refractivity contribution in [3.63, 3.8) is 0 Å². The lowest BCUT2D eigenvalue weighted by Gasteiger charge is -2.26. The van der Waals surface area contributed by atoms with Crippen molar-refractivity contribution >= 4 is 35.2 Å². The standard InChI is InChI=1S/C22H25F3N6O.CH2O2/c23-13-9-16(24)19(17(25)10-13)29-22-28-18-11-26-21(27-14-5-2-1-3-6-14)30-20(18)31(22)15-7-4-8-32-12-15;2-1-3/h9-11,14-15H,1-8,12H2,(H,28,29)(H,26,27,30);1H,(H,2,3). The highest BCUT2D eigenvalue weighted by Crippen LogP contribution is 2.32. The summed E-state index contributed by atoms with van der Waals surface area (Å²) in [5, 5.41) is 13.0. The number of hydrogen-bond donors (Lipinski definition) is 3. The van der Waals surface area contributed by atoms with E-state index in [-0.39, 0.29) is 18.5 Å². The molecule has 0 bridgehead atoms. The number of carbonyl (C=O) groups is 1. The van der Waals surface area contributed by atoms with Crippen molar-refractivity contribution in [3.05, 3.63) is 35.8 Å². The molecule has 1 aliphatic carbocycles. The number of carboxylic acid groups (broad SMARTS) is 1. The van der Waals surface area contributed by atoms with Crippen LogP contribution in [0.1, 0.15) is 51.0 Å². The van der Waals surface area contributed by atoms with Crippen molar-refractivity contribution in [3.8, 4) is 0 Å². The Morgan fingerprint density at radius 2 is 1.77 bits per heavy atom. The highest BCUT2D eigenvalue weighted by atomic mass is 19.1. The molecule has 3 aromatic rings. The molecule has 2 aliphatic rings. The summed E-state index contributed by atoms with van der Waals surface area (Å²) in [5.74, 6) is -2.33. The molecule has 1 atom stereocenters. The number of rotatable bonds is 5. The number of ether oxygens (including phenoxy) is 1. The van der Waals surface area contributed by atoms with Crippen molar-refractivity contribution in [1.82, 2.24) is 19.5 Å². The first-order valence-electron chi connectivity index (χ1n) is 11.6. The quantitative estimate of drug-likeness (QED) is 0.436. The number of aromatic nitrogens is 4. The Morgan fingerprint density at radius 3 is 2.43 bits per heavy atom. The second-order valence-electron chi connectivity index (χ2n) is 8.53. The Labute approximate surface area is 199 Å². The molecular weight excluding hydrogens is 465 g/mol. The first-order valence-corrected chi connectivity index (χ1v) is 11.6. The summed E-state index contributed by atoms with van der Waals surface area (Å²) in [6.07, 6.45) is 9.03. The topological polar surface area (TPSA) is 114 Å². The van der Waals surface area contributed by atoms with Gasteiger partial charge in [0.15, 0.2) is 17.3 Å². The summed E-state index contributed by atoms with van der Waals surface area (Å²) >= 11 is 0. The van der Waals surface area contributed by atoms with Gasteiger partial charge in [0.1, 0.15) is 17.0 Å². The van der Waals surface area contributed by atoms with Gasteiger partial charge in [0.05, 0.1) is 18.8 Å². The minimum atomic E-state index is -1.04. The Morgan fingerprint density at radius 1 is 1.06 bits per heavy atom. The minimum absolute atomic E-state index is 0.111. The summed E-state index contributed by atoms with van der Waals surface area (Å²) in [4.78, 5) is 22.0. The van der Waals surface area contributed by atoms with E-state index < -0.39 is 23.1 Å². The van der Waals surface area contributed by atoms with E-state index in [0.717, 1.165) is 25.7 Å². The molecule has 9 nitrogen and oxygen atoms in total. The zero-order valence-corrected chi connectivity index (χ0v) is 19.0. The lowest BCUT2D eigenvalue weighted by Crippen LogP contribution is -2.24. The number of nitrogens with one attached hydrogen (secondary N) is 2. The van der Waals surface area contributed by atoms with Gasteiger partial charge in [-0.15, -0.1) is 0 Å².